The molecule has 0 atom stereocenters. The van der Waals surface area contributed by atoms with Gasteiger partial charge < -0.3 is 4.74 Å². The standard InChI is InChI=1S/C13H15FN2O/c1-10-9-11(14)3-4-13(10)17-8-6-12-5-7-15-16(12)2/h3-5,7,9H,6,8H2,1-2H3. The zero-order valence-electron chi connectivity index (χ0n) is 9.98. The van der Waals surface area contributed by atoms with Crippen molar-refractivity contribution in [1.29, 1.82) is 0 Å². The third-order valence-electron chi connectivity index (χ3n) is 2.68. The number of rotatable bonds is 4. The number of halogens is 1. The maximum absolute atomic E-state index is 12.9. The van der Waals surface area contributed by atoms with Crippen LogP contribution >= 0.6 is 0 Å². The van der Waals surface area contributed by atoms with Crippen molar-refractivity contribution in [1.82, 2.24) is 9.78 Å². The second kappa shape index (κ2) is 4.99. The van der Waals surface area contributed by atoms with Crippen molar-refractivity contribution in [3.63, 3.8) is 0 Å². The van der Waals surface area contributed by atoms with Crippen molar-refractivity contribution in [2.24, 2.45) is 7.05 Å². The molecular formula is C13H15FN2O. The summed E-state index contributed by atoms with van der Waals surface area (Å²) in [5, 5.41) is 4.08. The topological polar surface area (TPSA) is 27.1 Å². The molecule has 0 saturated heterocycles. The van der Waals surface area contributed by atoms with Gasteiger partial charge in [0.25, 0.3) is 0 Å². The minimum Gasteiger partial charge on any atom is -0.493 e. The molecule has 0 aliphatic carbocycles. The van der Waals surface area contributed by atoms with Crippen LogP contribution in [0.4, 0.5) is 4.39 Å². The van der Waals surface area contributed by atoms with Gasteiger partial charge in [-0.05, 0) is 36.8 Å². The van der Waals surface area contributed by atoms with Crippen LogP contribution in [-0.4, -0.2) is 16.4 Å². The lowest BCUT2D eigenvalue weighted by Gasteiger charge is -2.09. The number of nitrogens with zero attached hydrogens (tertiary/aromatic N) is 2. The fraction of sp³-hybridized carbons (Fsp3) is 0.308. The molecule has 4 heteroatoms. The Balaban J connectivity index is 1.92. The van der Waals surface area contributed by atoms with Crippen LogP contribution in [-0.2, 0) is 13.5 Å². The van der Waals surface area contributed by atoms with Gasteiger partial charge >= 0.3 is 0 Å². The van der Waals surface area contributed by atoms with Gasteiger partial charge in [0.1, 0.15) is 11.6 Å². The van der Waals surface area contributed by atoms with Crippen molar-refractivity contribution in [3.05, 3.63) is 47.5 Å². The molecule has 0 aliphatic heterocycles. The minimum absolute atomic E-state index is 0.235. The van der Waals surface area contributed by atoms with E-state index in [-0.39, 0.29) is 5.82 Å². The molecule has 0 bridgehead atoms. The summed E-state index contributed by atoms with van der Waals surface area (Å²) < 4.78 is 20.3. The minimum atomic E-state index is -0.235. The maximum Gasteiger partial charge on any atom is 0.123 e. The molecule has 0 aliphatic rings. The van der Waals surface area contributed by atoms with Crippen LogP contribution < -0.4 is 4.74 Å². The average molecular weight is 234 g/mol. The van der Waals surface area contributed by atoms with E-state index >= 15 is 0 Å². The molecule has 0 N–H and O–H groups in total. The molecule has 2 rings (SSSR count). The Hall–Kier alpha value is -1.84. The van der Waals surface area contributed by atoms with Gasteiger partial charge in [0.05, 0.1) is 6.61 Å². The molecular weight excluding hydrogens is 219 g/mol. The van der Waals surface area contributed by atoms with Crippen molar-refractivity contribution in [2.45, 2.75) is 13.3 Å². The number of benzene rings is 1. The highest BCUT2D eigenvalue weighted by Crippen LogP contribution is 2.18. The number of hydrogen-bond donors (Lipinski definition) is 0. The molecule has 0 saturated carbocycles. The normalized spacial score (nSPS) is 10.5. The van der Waals surface area contributed by atoms with Gasteiger partial charge in [-0.15, -0.1) is 0 Å². The molecule has 0 radical (unpaired) electrons. The Bertz CT molecular complexity index is 508. The van der Waals surface area contributed by atoms with E-state index in [2.05, 4.69) is 5.10 Å². The summed E-state index contributed by atoms with van der Waals surface area (Å²) >= 11 is 0. The maximum atomic E-state index is 12.9. The molecule has 2 aromatic rings. The number of hydrogen-bond acceptors (Lipinski definition) is 2. The van der Waals surface area contributed by atoms with Gasteiger partial charge in [-0.1, -0.05) is 0 Å². The van der Waals surface area contributed by atoms with Gasteiger partial charge in [-0.3, -0.25) is 4.68 Å². The second-order valence-corrected chi connectivity index (χ2v) is 3.95. The Kier molecular flexibility index (Phi) is 3.42. The van der Waals surface area contributed by atoms with Gasteiger partial charge in [0.15, 0.2) is 0 Å². The molecule has 1 aromatic carbocycles. The van der Waals surface area contributed by atoms with Crippen LogP contribution in [0, 0.1) is 12.7 Å². The summed E-state index contributed by atoms with van der Waals surface area (Å²) in [5.74, 6) is 0.495. The zero-order chi connectivity index (χ0) is 12.3. The smallest absolute Gasteiger partial charge is 0.123 e. The highest BCUT2D eigenvalue weighted by atomic mass is 19.1. The van der Waals surface area contributed by atoms with E-state index < -0.39 is 0 Å². The fourth-order valence-electron chi connectivity index (χ4n) is 1.69. The highest BCUT2D eigenvalue weighted by molar-refractivity contribution is 5.32. The van der Waals surface area contributed by atoms with Crippen molar-refractivity contribution >= 4 is 0 Å². The van der Waals surface area contributed by atoms with Crippen LogP contribution in [0.3, 0.4) is 0 Å². The Morgan fingerprint density at radius 1 is 1.35 bits per heavy atom. The number of aryl methyl sites for hydroxylation is 2. The first kappa shape index (κ1) is 11.6. The lowest BCUT2D eigenvalue weighted by atomic mass is 10.2. The van der Waals surface area contributed by atoms with Crippen LogP contribution in [0.2, 0.25) is 0 Å². The SMILES string of the molecule is Cc1cc(F)ccc1OCCc1ccnn1C. The molecule has 3 nitrogen and oxygen atoms in total. The quantitative estimate of drug-likeness (QED) is 0.812. The molecule has 1 aromatic heterocycles. The number of ether oxygens (including phenoxy) is 1. The van der Waals surface area contributed by atoms with Crippen molar-refractivity contribution < 1.29 is 9.13 Å². The summed E-state index contributed by atoms with van der Waals surface area (Å²) in [7, 11) is 1.90. The van der Waals surface area contributed by atoms with E-state index in [4.69, 9.17) is 4.74 Å². The third-order valence-corrected chi connectivity index (χ3v) is 2.68. The molecule has 0 fully saturated rings. The van der Waals surface area contributed by atoms with Gasteiger partial charge in [-0.2, -0.15) is 5.10 Å². The van der Waals surface area contributed by atoms with E-state index in [0.717, 1.165) is 23.4 Å². The van der Waals surface area contributed by atoms with Gasteiger partial charge in [-0.25, -0.2) is 4.39 Å². The average Bonchev–Trinajstić information content (AvgIpc) is 2.68. The van der Waals surface area contributed by atoms with E-state index in [1.165, 1.54) is 12.1 Å². The first-order valence-electron chi connectivity index (χ1n) is 5.52. The predicted octanol–water partition coefficient (Wildman–Crippen LogP) is 2.49. The van der Waals surface area contributed by atoms with Gasteiger partial charge in [0.2, 0.25) is 0 Å². The van der Waals surface area contributed by atoms with E-state index in [0.29, 0.717) is 6.61 Å². The molecule has 1 heterocycles. The Morgan fingerprint density at radius 2 is 2.18 bits per heavy atom. The first-order chi connectivity index (χ1) is 8.16. The fourth-order valence-corrected chi connectivity index (χ4v) is 1.69. The second-order valence-electron chi connectivity index (χ2n) is 3.95. The summed E-state index contributed by atoms with van der Waals surface area (Å²) in [5.41, 5.74) is 1.93. The summed E-state index contributed by atoms with van der Waals surface area (Å²) in [6.07, 6.45) is 2.55. The highest BCUT2D eigenvalue weighted by Gasteiger charge is 2.02. The largest absolute Gasteiger partial charge is 0.493 e. The van der Waals surface area contributed by atoms with Crippen LogP contribution in [0.1, 0.15) is 11.3 Å². The van der Waals surface area contributed by atoms with Crippen LogP contribution in [0.15, 0.2) is 30.5 Å². The zero-order valence-corrected chi connectivity index (χ0v) is 9.98. The molecule has 0 spiro atoms. The van der Waals surface area contributed by atoms with Crippen LogP contribution in [0.25, 0.3) is 0 Å². The van der Waals surface area contributed by atoms with E-state index in [9.17, 15) is 4.39 Å². The lowest BCUT2D eigenvalue weighted by molar-refractivity contribution is 0.316. The molecule has 90 valence electrons. The Labute approximate surface area is 99.8 Å². The summed E-state index contributed by atoms with van der Waals surface area (Å²) in [6, 6.07) is 6.50. The molecule has 17 heavy (non-hydrogen) atoms. The molecule has 0 unspecified atom stereocenters. The molecule has 0 amide bonds. The van der Waals surface area contributed by atoms with E-state index in [1.807, 2.05) is 24.7 Å². The third kappa shape index (κ3) is 2.84. The number of aromatic nitrogens is 2. The monoisotopic (exact) mass is 234 g/mol. The van der Waals surface area contributed by atoms with E-state index in [1.54, 1.807) is 12.3 Å². The summed E-state index contributed by atoms with van der Waals surface area (Å²) in [6.45, 7) is 2.40. The van der Waals surface area contributed by atoms with Gasteiger partial charge in [0, 0.05) is 25.4 Å². The predicted molar refractivity (Wildman–Crippen MR) is 63.5 cm³/mol. The van der Waals surface area contributed by atoms with Crippen molar-refractivity contribution in [3.8, 4) is 5.75 Å². The summed E-state index contributed by atoms with van der Waals surface area (Å²) in [4.78, 5) is 0. The van der Waals surface area contributed by atoms with Crippen molar-refractivity contribution in [2.75, 3.05) is 6.61 Å². The first-order valence-corrected chi connectivity index (χ1v) is 5.52. The Morgan fingerprint density at radius 3 is 2.82 bits per heavy atom. The lowest BCUT2D eigenvalue weighted by Crippen LogP contribution is -2.06. The van der Waals surface area contributed by atoms with Crippen LogP contribution in [0.5, 0.6) is 5.75 Å².